The third-order valence-corrected chi connectivity index (χ3v) is 9.36. The Kier molecular flexibility index (Phi) is 11.2. The van der Waals surface area contributed by atoms with E-state index in [0.29, 0.717) is 38.9 Å². The highest BCUT2D eigenvalue weighted by molar-refractivity contribution is 5.76. The number of piperidine rings is 1. The summed E-state index contributed by atoms with van der Waals surface area (Å²) in [5.74, 6) is -0.957. The Morgan fingerprint density at radius 2 is 1.72 bits per heavy atom. The number of rotatable bonds is 3. The lowest BCUT2D eigenvalue weighted by Gasteiger charge is -2.47. The number of ether oxygens (including phenoxy) is 2. The quantitative estimate of drug-likeness (QED) is 0.404. The van der Waals surface area contributed by atoms with Gasteiger partial charge < -0.3 is 39.7 Å². The number of carbonyl (C=O) groups is 1. The van der Waals surface area contributed by atoms with Crippen LogP contribution in [0.25, 0.3) is 0 Å². The predicted molar refractivity (Wildman–Crippen MR) is 149 cm³/mol. The van der Waals surface area contributed by atoms with Crippen LogP contribution in [0, 0.1) is 23.7 Å². The van der Waals surface area contributed by atoms with E-state index in [-0.39, 0.29) is 29.9 Å². The lowest BCUT2D eigenvalue weighted by molar-refractivity contribution is -0.300. The number of carbonyl (C=O) groups excluding carboxylic acids is 1. The molecule has 0 saturated carbocycles. The standard InChI is InChI=1S/C29H55N3O7/c1-17-14-29(5,37)26(39-28-25(35)22(30(6)7)12-18(2)38-28)19(3)24(34)20(4)27(36)32-11-9-10-21(16-32)13-23(33)31(8)15-17/h17-22,24-28,34-37H,9-16H2,1-8H3/t17-,18-,19+,20-,21?,22+,24+,25-,26-,27?,28+,29-/m1/s1. The number of nitrogens with zero attached hydrogens (tertiary/aromatic N) is 3. The maximum atomic E-state index is 13.1. The van der Waals surface area contributed by atoms with Crippen molar-refractivity contribution >= 4 is 5.91 Å². The molecule has 3 aliphatic heterocycles. The molecular weight excluding hydrogens is 502 g/mol. The van der Waals surface area contributed by atoms with Crippen molar-refractivity contribution in [1.82, 2.24) is 14.7 Å². The molecule has 228 valence electrons. The number of aliphatic hydroxyl groups is 4. The van der Waals surface area contributed by atoms with Crippen molar-refractivity contribution in [1.29, 1.82) is 0 Å². The van der Waals surface area contributed by atoms with Crippen molar-refractivity contribution in [3.8, 4) is 0 Å². The highest BCUT2D eigenvalue weighted by atomic mass is 16.7. The molecule has 10 heteroatoms. The molecule has 0 aromatic carbocycles. The zero-order chi connectivity index (χ0) is 29.2. The van der Waals surface area contributed by atoms with Gasteiger partial charge in [0.15, 0.2) is 6.29 Å². The van der Waals surface area contributed by atoms with Crippen LogP contribution in [0.1, 0.15) is 66.7 Å². The first-order valence-electron chi connectivity index (χ1n) is 14.8. The number of likely N-dealkylation sites (N-methyl/N-ethyl adjacent to an activating group) is 1. The summed E-state index contributed by atoms with van der Waals surface area (Å²) >= 11 is 0. The molecule has 10 nitrogen and oxygen atoms in total. The average molecular weight is 558 g/mol. The van der Waals surface area contributed by atoms with E-state index < -0.39 is 48.3 Å². The monoisotopic (exact) mass is 557 g/mol. The van der Waals surface area contributed by atoms with E-state index in [1.54, 1.807) is 18.9 Å². The predicted octanol–water partition coefficient (Wildman–Crippen LogP) is 1.10. The number of fused-ring (bicyclic) bond motifs is 2. The van der Waals surface area contributed by atoms with Crippen LogP contribution < -0.4 is 0 Å². The van der Waals surface area contributed by atoms with E-state index in [0.717, 1.165) is 12.8 Å². The van der Waals surface area contributed by atoms with Gasteiger partial charge in [-0.25, -0.2) is 0 Å². The number of aliphatic hydroxyl groups excluding tert-OH is 3. The van der Waals surface area contributed by atoms with Gasteiger partial charge in [-0.15, -0.1) is 0 Å². The van der Waals surface area contributed by atoms with Gasteiger partial charge in [0.2, 0.25) is 5.91 Å². The molecule has 3 unspecified atom stereocenters. The second kappa shape index (κ2) is 13.4. The van der Waals surface area contributed by atoms with Crippen LogP contribution in [0.3, 0.4) is 0 Å². The summed E-state index contributed by atoms with van der Waals surface area (Å²) in [5, 5.41) is 45.9. The summed E-state index contributed by atoms with van der Waals surface area (Å²) < 4.78 is 12.5. The molecule has 0 radical (unpaired) electrons. The fraction of sp³-hybridized carbons (Fsp3) is 0.966. The van der Waals surface area contributed by atoms with Crippen molar-refractivity contribution in [2.24, 2.45) is 23.7 Å². The Morgan fingerprint density at radius 3 is 2.36 bits per heavy atom. The van der Waals surface area contributed by atoms with E-state index in [1.165, 1.54) is 0 Å². The fourth-order valence-electron chi connectivity index (χ4n) is 7.17. The molecule has 2 bridgehead atoms. The Balaban J connectivity index is 1.94. The minimum atomic E-state index is -1.41. The molecule has 3 aliphatic rings. The van der Waals surface area contributed by atoms with Crippen LogP contribution in [0.4, 0.5) is 0 Å². The maximum Gasteiger partial charge on any atom is 0.222 e. The molecule has 13 atom stereocenters. The minimum Gasteiger partial charge on any atom is -0.392 e. The zero-order valence-electron chi connectivity index (χ0n) is 25.4. The third-order valence-electron chi connectivity index (χ3n) is 9.36. The van der Waals surface area contributed by atoms with Crippen LogP contribution in [0.2, 0.25) is 0 Å². The molecule has 0 aromatic rings. The first-order valence-corrected chi connectivity index (χ1v) is 14.8. The largest absolute Gasteiger partial charge is 0.392 e. The summed E-state index contributed by atoms with van der Waals surface area (Å²) in [6.07, 6.45) is -1.70. The second-order valence-corrected chi connectivity index (χ2v) is 13.4. The molecule has 0 spiro atoms. The summed E-state index contributed by atoms with van der Waals surface area (Å²) in [6, 6.07) is -0.183. The Labute approximate surface area is 235 Å². The summed E-state index contributed by atoms with van der Waals surface area (Å²) in [5.41, 5.74) is -1.41. The van der Waals surface area contributed by atoms with Crippen LogP contribution in [0.5, 0.6) is 0 Å². The molecule has 3 saturated heterocycles. The van der Waals surface area contributed by atoms with Crippen LogP contribution in [-0.2, 0) is 14.3 Å². The lowest BCUT2D eigenvalue weighted by atomic mass is 9.77. The molecule has 3 rings (SSSR count). The number of hydrogen-bond donors (Lipinski definition) is 4. The maximum absolute atomic E-state index is 13.1. The van der Waals surface area contributed by atoms with E-state index in [2.05, 4.69) is 0 Å². The van der Waals surface area contributed by atoms with E-state index >= 15 is 0 Å². The third kappa shape index (κ3) is 7.92. The molecule has 39 heavy (non-hydrogen) atoms. The molecular formula is C29H55N3O7. The molecule has 0 aromatic heterocycles. The van der Waals surface area contributed by atoms with Crippen LogP contribution in [-0.4, -0.2) is 130 Å². The van der Waals surface area contributed by atoms with E-state index in [4.69, 9.17) is 9.47 Å². The van der Waals surface area contributed by atoms with Gasteiger partial charge in [0.1, 0.15) is 12.3 Å². The smallest absolute Gasteiger partial charge is 0.222 e. The van der Waals surface area contributed by atoms with Crippen LogP contribution in [0.15, 0.2) is 0 Å². The number of hydrogen-bond acceptors (Lipinski definition) is 9. The Hall–Kier alpha value is -0.850. The zero-order valence-corrected chi connectivity index (χ0v) is 25.4. The summed E-state index contributed by atoms with van der Waals surface area (Å²) in [7, 11) is 5.62. The van der Waals surface area contributed by atoms with E-state index in [1.807, 2.05) is 51.6 Å². The van der Waals surface area contributed by atoms with Gasteiger partial charge >= 0.3 is 0 Å². The topological polar surface area (TPSA) is 126 Å². The highest BCUT2D eigenvalue weighted by Gasteiger charge is 2.48. The van der Waals surface area contributed by atoms with Crippen molar-refractivity contribution in [2.75, 3.05) is 40.8 Å². The second-order valence-electron chi connectivity index (χ2n) is 13.4. The first kappa shape index (κ1) is 32.7. The normalized spacial score (nSPS) is 47.5. The molecule has 1 amide bonds. The highest BCUT2D eigenvalue weighted by Crippen LogP contribution is 2.36. The van der Waals surface area contributed by atoms with Crippen molar-refractivity contribution in [2.45, 2.75) is 115 Å². The minimum absolute atomic E-state index is 0.0500. The van der Waals surface area contributed by atoms with Gasteiger partial charge in [-0.3, -0.25) is 9.69 Å². The average Bonchev–Trinajstić information content (AvgIpc) is 2.86. The lowest BCUT2D eigenvalue weighted by Crippen LogP contribution is -2.59. The van der Waals surface area contributed by atoms with Crippen molar-refractivity contribution in [3.05, 3.63) is 0 Å². The van der Waals surface area contributed by atoms with Crippen molar-refractivity contribution < 1.29 is 34.7 Å². The van der Waals surface area contributed by atoms with Gasteiger partial charge in [-0.05, 0) is 65.5 Å². The van der Waals surface area contributed by atoms with Crippen LogP contribution >= 0.6 is 0 Å². The summed E-state index contributed by atoms with van der Waals surface area (Å²) in [6.45, 7) is 11.1. The van der Waals surface area contributed by atoms with Gasteiger partial charge in [0.05, 0.1) is 23.9 Å². The van der Waals surface area contributed by atoms with Gasteiger partial charge in [-0.1, -0.05) is 20.8 Å². The van der Waals surface area contributed by atoms with Crippen molar-refractivity contribution in [3.63, 3.8) is 0 Å². The van der Waals surface area contributed by atoms with Gasteiger partial charge in [-0.2, -0.15) is 0 Å². The molecule has 3 heterocycles. The molecule has 3 fully saturated rings. The summed E-state index contributed by atoms with van der Waals surface area (Å²) in [4.78, 5) is 18.7. The molecule has 4 N–H and O–H groups in total. The first-order chi connectivity index (χ1) is 18.1. The Morgan fingerprint density at radius 1 is 1.05 bits per heavy atom. The SMILES string of the molecule is C[C@H]1CN(C)C(=O)CC2CCCN(C2)C(O)[C@H](C)[C@@H](O)[C@H](C)[C@@H](O[C@@H]2O[C@H](C)C[C@H](N(C)C)[C@H]2O)[C@](C)(O)C1. The van der Waals surface area contributed by atoms with E-state index in [9.17, 15) is 25.2 Å². The van der Waals surface area contributed by atoms with Gasteiger partial charge in [0.25, 0.3) is 0 Å². The molecule has 0 aliphatic carbocycles. The fourth-order valence-corrected chi connectivity index (χ4v) is 7.17. The Bertz CT molecular complexity index is 799. The number of amides is 1. The van der Waals surface area contributed by atoms with Gasteiger partial charge in [0, 0.05) is 51.0 Å².